The minimum absolute atomic E-state index is 0.0382. The Kier molecular flexibility index (Phi) is 4.57. The molecule has 1 fully saturated rings. The van der Waals surface area contributed by atoms with Crippen LogP contribution in [-0.2, 0) is 6.54 Å². The first-order valence-corrected chi connectivity index (χ1v) is 9.23. The molecule has 0 radical (unpaired) electrons. The molecule has 0 unspecified atom stereocenters. The largest absolute Gasteiger partial charge is 0.492 e. The second-order valence-corrected chi connectivity index (χ2v) is 7.40. The Morgan fingerprint density at radius 2 is 2.17 bits per heavy atom. The number of aromatic hydroxyl groups is 1. The number of H-pyrrole nitrogens is 1. The van der Waals surface area contributed by atoms with Crippen LogP contribution in [-0.4, -0.2) is 41.4 Å². The van der Waals surface area contributed by atoms with E-state index in [1.165, 1.54) is 16.8 Å². The third-order valence-electron chi connectivity index (χ3n) is 4.48. The molecule has 0 bridgehead atoms. The summed E-state index contributed by atoms with van der Waals surface area (Å²) in [5, 5.41) is 21.0. The van der Waals surface area contributed by atoms with E-state index in [0.717, 1.165) is 17.4 Å². The summed E-state index contributed by atoms with van der Waals surface area (Å²) >= 11 is 0. The Morgan fingerprint density at radius 1 is 1.41 bits per heavy atom. The van der Waals surface area contributed by atoms with E-state index in [0.29, 0.717) is 17.8 Å². The van der Waals surface area contributed by atoms with E-state index in [2.05, 4.69) is 25.1 Å². The lowest BCUT2D eigenvalue weighted by Crippen LogP contribution is -2.36. The van der Waals surface area contributed by atoms with Gasteiger partial charge < -0.3 is 10.4 Å². The Balaban J connectivity index is 1.87. The summed E-state index contributed by atoms with van der Waals surface area (Å²) in [6, 6.07) is 0.0382. The smallest absolute Gasteiger partial charge is 0.439 e. The molecule has 0 aromatic carbocycles. The molecular weight excluding hydrogens is 380 g/mol. The first-order chi connectivity index (χ1) is 13.8. The molecule has 29 heavy (non-hydrogen) atoms. The maximum absolute atomic E-state index is 13.1. The third kappa shape index (κ3) is 3.58. The van der Waals surface area contributed by atoms with Gasteiger partial charge in [-0.1, -0.05) is 19.0 Å². The summed E-state index contributed by atoms with van der Waals surface area (Å²) in [6.07, 6.45) is 6.22. The van der Waals surface area contributed by atoms with Crippen LogP contribution in [0.2, 0.25) is 0 Å². The van der Waals surface area contributed by atoms with Gasteiger partial charge in [0.15, 0.2) is 11.4 Å². The van der Waals surface area contributed by atoms with Gasteiger partial charge in [0.2, 0.25) is 5.88 Å². The van der Waals surface area contributed by atoms with E-state index in [-0.39, 0.29) is 23.3 Å². The number of hydrogen-bond acceptors (Lipinski definition) is 7. The molecule has 1 saturated carbocycles. The lowest BCUT2D eigenvalue weighted by molar-refractivity contribution is 0.0944. The van der Waals surface area contributed by atoms with Crippen molar-refractivity contribution < 1.29 is 14.4 Å². The van der Waals surface area contributed by atoms with Gasteiger partial charge in [-0.25, -0.2) is 4.79 Å². The summed E-state index contributed by atoms with van der Waals surface area (Å²) in [6.45, 7) is 4.19. The van der Waals surface area contributed by atoms with Crippen molar-refractivity contribution in [1.82, 2.24) is 29.6 Å². The van der Waals surface area contributed by atoms with Gasteiger partial charge in [-0.05, 0) is 30.9 Å². The van der Waals surface area contributed by atoms with Gasteiger partial charge >= 0.3 is 5.76 Å². The molecular formula is C18H20N6O5. The van der Waals surface area contributed by atoms with E-state index in [1.54, 1.807) is 6.08 Å². The summed E-state index contributed by atoms with van der Waals surface area (Å²) in [7, 11) is 0. The van der Waals surface area contributed by atoms with Crippen molar-refractivity contribution in [2.45, 2.75) is 39.3 Å². The maximum Gasteiger partial charge on any atom is 0.439 e. The van der Waals surface area contributed by atoms with Gasteiger partial charge in [0.1, 0.15) is 5.65 Å². The highest BCUT2D eigenvalue weighted by molar-refractivity contribution is 5.96. The lowest BCUT2D eigenvalue weighted by atomic mass is 10.2. The number of hydrogen-bond donors (Lipinski definition) is 3. The fraction of sp³-hybridized carbons (Fsp3) is 0.389. The number of nitrogens with one attached hydrogen (secondary N) is 2. The van der Waals surface area contributed by atoms with Crippen LogP contribution in [0.3, 0.4) is 0 Å². The van der Waals surface area contributed by atoms with E-state index in [1.807, 2.05) is 13.8 Å². The molecule has 0 aliphatic heterocycles. The molecule has 11 heteroatoms. The lowest BCUT2D eigenvalue weighted by Gasteiger charge is -2.15. The van der Waals surface area contributed by atoms with Gasteiger partial charge in [0.05, 0.1) is 6.20 Å². The zero-order valence-corrected chi connectivity index (χ0v) is 15.9. The van der Waals surface area contributed by atoms with E-state index < -0.39 is 23.1 Å². The highest BCUT2D eigenvalue weighted by atomic mass is 16.5. The highest BCUT2D eigenvalue weighted by Crippen LogP contribution is 2.23. The van der Waals surface area contributed by atoms with Crippen LogP contribution in [0.15, 0.2) is 20.3 Å². The highest BCUT2D eigenvalue weighted by Gasteiger charge is 2.29. The fourth-order valence-corrected chi connectivity index (χ4v) is 3.03. The first-order valence-electron chi connectivity index (χ1n) is 9.23. The van der Waals surface area contributed by atoms with Crippen molar-refractivity contribution in [2.75, 3.05) is 0 Å². The molecule has 0 atom stereocenters. The summed E-state index contributed by atoms with van der Waals surface area (Å²) in [5.41, 5.74) is -0.0985. The second kappa shape index (κ2) is 7.08. The number of carbonyl (C=O) groups excluding carboxylic acids is 1. The number of aromatic nitrogens is 5. The standard InChI is InChI=1S/C18H20N6O5/c1-9(2)8-23-15-10(3-6-12-21-18(28)29-22-12)7-19-24(15)17(27)13(16(23)26)14(25)20-11-4-5-11/h3,6-7,9,11,27H,4-5,8H2,1-2H3,(H,20,25)(H,21,22,28). The van der Waals surface area contributed by atoms with E-state index >= 15 is 0 Å². The molecule has 1 aliphatic rings. The van der Waals surface area contributed by atoms with Crippen LogP contribution in [0.1, 0.15) is 48.4 Å². The fourth-order valence-electron chi connectivity index (χ4n) is 3.03. The average molecular weight is 400 g/mol. The van der Waals surface area contributed by atoms with Crippen LogP contribution < -0.4 is 16.6 Å². The predicted molar refractivity (Wildman–Crippen MR) is 102 cm³/mol. The first kappa shape index (κ1) is 18.7. The second-order valence-electron chi connectivity index (χ2n) is 7.40. The molecule has 1 aliphatic carbocycles. The number of fused-ring (bicyclic) bond motifs is 1. The maximum atomic E-state index is 13.1. The molecule has 0 saturated heterocycles. The zero-order chi connectivity index (χ0) is 20.7. The molecule has 152 valence electrons. The van der Waals surface area contributed by atoms with Gasteiger partial charge in [0.25, 0.3) is 11.5 Å². The van der Waals surface area contributed by atoms with Crippen molar-refractivity contribution in [2.24, 2.45) is 5.92 Å². The molecule has 3 aromatic heterocycles. The summed E-state index contributed by atoms with van der Waals surface area (Å²) in [4.78, 5) is 39.1. The number of aromatic amines is 1. The van der Waals surface area contributed by atoms with Gasteiger partial charge in [0, 0.05) is 18.2 Å². The van der Waals surface area contributed by atoms with Crippen LogP contribution in [0.25, 0.3) is 17.8 Å². The average Bonchev–Trinajstić information content (AvgIpc) is 3.20. The Hall–Kier alpha value is -3.63. The van der Waals surface area contributed by atoms with Crippen molar-refractivity contribution in [3.8, 4) is 5.88 Å². The summed E-state index contributed by atoms with van der Waals surface area (Å²) in [5.74, 6) is -1.53. The topological polar surface area (TPSA) is 148 Å². The predicted octanol–water partition coefficient (Wildman–Crippen LogP) is 0.596. The van der Waals surface area contributed by atoms with Gasteiger partial charge in [-0.15, -0.1) is 0 Å². The molecule has 11 nitrogen and oxygen atoms in total. The van der Waals surface area contributed by atoms with Crippen molar-refractivity contribution in [1.29, 1.82) is 0 Å². The van der Waals surface area contributed by atoms with Crippen LogP contribution in [0.5, 0.6) is 5.88 Å². The van der Waals surface area contributed by atoms with E-state index in [9.17, 15) is 19.5 Å². The minimum Gasteiger partial charge on any atom is -0.492 e. The van der Waals surface area contributed by atoms with Crippen LogP contribution in [0.4, 0.5) is 0 Å². The van der Waals surface area contributed by atoms with Crippen molar-refractivity contribution in [3.63, 3.8) is 0 Å². The van der Waals surface area contributed by atoms with Crippen LogP contribution in [0, 0.1) is 5.92 Å². The van der Waals surface area contributed by atoms with Gasteiger partial charge in [-0.2, -0.15) is 9.61 Å². The van der Waals surface area contributed by atoms with Gasteiger partial charge in [-0.3, -0.25) is 23.7 Å². The number of carbonyl (C=O) groups is 1. The quantitative estimate of drug-likeness (QED) is 0.549. The number of rotatable bonds is 6. The van der Waals surface area contributed by atoms with Crippen molar-refractivity contribution in [3.05, 3.63) is 44.1 Å². The Labute approximate surface area is 163 Å². The molecule has 1 amide bonds. The number of amides is 1. The third-order valence-corrected chi connectivity index (χ3v) is 4.48. The Morgan fingerprint density at radius 3 is 2.79 bits per heavy atom. The number of nitrogens with zero attached hydrogens (tertiary/aromatic N) is 4. The minimum atomic E-state index is -0.690. The zero-order valence-electron chi connectivity index (χ0n) is 15.9. The normalized spacial score (nSPS) is 14.3. The molecule has 3 heterocycles. The van der Waals surface area contributed by atoms with E-state index in [4.69, 9.17) is 0 Å². The monoisotopic (exact) mass is 400 g/mol. The summed E-state index contributed by atoms with van der Waals surface area (Å²) < 4.78 is 7.03. The van der Waals surface area contributed by atoms with Crippen molar-refractivity contribution >= 4 is 23.7 Å². The molecule has 4 rings (SSSR count). The molecule has 0 spiro atoms. The van der Waals surface area contributed by atoms with Crippen LogP contribution >= 0.6 is 0 Å². The molecule has 3 N–H and O–H groups in total. The Bertz CT molecular complexity index is 1220. The molecule has 3 aromatic rings. The SMILES string of the molecule is CC(C)Cn1c(=O)c(C(=O)NC2CC2)c(O)n2ncc(C=Cc3noc(=O)[nH]3)c12.